The summed E-state index contributed by atoms with van der Waals surface area (Å²) >= 11 is 0. The highest BCUT2D eigenvalue weighted by Gasteiger charge is 1.70. The van der Waals surface area contributed by atoms with Crippen molar-refractivity contribution in [3.63, 3.8) is 0 Å². The van der Waals surface area contributed by atoms with Gasteiger partial charge in [-0.1, -0.05) is 25.3 Å². The molecular formula is C7H9. The zero-order valence-corrected chi connectivity index (χ0v) is 4.57. The van der Waals surface area contributed by atoms with E-state index < -0.39 is 0 Å². The molecular weight excluding hydrogens is 84.1 g/mol. The number of hydrogen-bond acceptors (Lipinski definition) is 0. The Morgan fingerprint density at radius 1 is 1.57 bits per heavy atom. The average Bonchev–Trinajstić information content (AvgIpc) is 1.68. The fourth-order valence-electron chi connectivity index (χ4n) is 0.220. The van der Waals surface area contributed by atoms with Crippen LogP contribution in [0, 0.1) is 6.08 Å². The molecule has 7 heavy (non-hydrogen) atoms. The SMILES string of the molecule is C=C[C]=C(C)C=C. The molecule has 0 aliphatic rings. The lowest BCUT2D eigenvalue weighted by molar-refractivity contribution is 1.51. The van der Waals surface area contributed by atoms with E-state index in [4.69, 9.17) is 0 Å². The molecule has 0 atom stereocenters. The van der Waals surface area contributed by atoms with Crippen LogP contribution in [-0.4, -0.2) is 0 Å². The maximum Gasteiger partial charge on any atom is -0.0158 e. The van der Waals surface area contributed by atoms with E-state index in [2.05, 4.69) is 19.2 Å². The summed E-state index contributed by atoms with van der Waals surface area (Å²) in [6.45, 7) is 8.93. The summed E-state index contributed by atoms with van der Waals surface area (Å²) < 4.78 is 0. The molecule has 0 aliphatic heterocycles. The van der Waals surface area contributed by atoms with E-state index in [9.17, 15) is 0 Å². The molecule has 0 unspecified atom stereocenters. The van der Waals surface area contributed by atoms with Gasteiger partial charge in [0.1, 0.15) is 0 Å². The summed E-state index contributed by atoms with van der Waals surface area (Å²) in [5, 5.41) is 0. The molecule has 0 heteroatoms. The van der Waals surface area contributed by atoms with Crippen molar-refractivity contribution in [3.05, 3.63) is 37.0 Å². The number of rotatable bonds is 2. The van der Waals surface area contributed by atoms with Crippen molar-refractivity contribution in [1.29, 1.82) is 0 Å². The quantitative estimate of drug-likeness (QED) is 0.459. The summed E-state index contributed by atoms with van der Waals surface area (Å²) in [5.41, 5.74) is 1.02. The Morgan fingerprint density at radius 3 is 2.29 bits per heavy atom. The molecule has 0 fully saturated rings. The lowest BCUT2D eigenvalue weighted by Gasteiger charge is -1.78. The minimum absolute atomic E-state index is 1.02. The lowest BCUT2D eigenvalue weighted by atomic mass is 10.3. The van der Waals surface area contributed by atoms with E-state index in [1.165, 1.54) is 0 Å². The molecule has 1 radical (unpaired) electrons. The van der Waals surface area contributed by atoms with Gasteiger partial charge in [0.05, 0.1) is 0 Å². The van der Waals surface area contributed by atoms with Crippen molar-refractivity contribution >= 4 is 0 Å². The van der Waals surface area contributed by atoms with Crippen LogP contribution in [0.2, 0.25) is 0 Å². The van der Waals surface area contributed by atoms with Gasteiger partial charge in [0.2, 0.25) is 0 Å². The van der Waals surface area contributed by atoms with Gasteiger partial charge in [-0.15, -0.1) is 0 Å². The first kappa shape index (κ1) is 6.22. The van der Waals surface area contributed by atoms with Gasteiger partial charge in [-0.25, -0.2) is 0 Å². The third-order valence-electron chi connectivity index (χ3n) is 0.636. The Bertz CT molecular complexity index is 96.6. The Kier molecular flexibility index (Phi) is 3.03. The third-order valence-corrected chi connectivity index (χ3v) is 0.636. The summed E-state index contributed by atoms with van der Waals surface area (Å²) in [6, 6.07) is 0. The highest BCUT2D eigenvalue weighted by Crippen LogP contribution is 1.88. The van der Waals surface area contributed by atoms with Crippen molar-refractivity contribution < 1.29 is 0 Å². The topological polar surface area (TPSA) is 0 Å². The standard InChI is InChI=1S/C7H9/c1-4-6-7(3)5-2/h4-5H,1-2H2,3H3. The van der Waals surface area contributed by atoms with Crippen molar-refractivity contribution in [2.75, 3.05) is 0 Å². The smallest absolute Gasteiger partial charge is 0.0158 e. The molecule has 0 saturated heterocycles. The Balaban J connectivity index is 3.72. The first-order valence-corrected chi connectivity index (χ1v) is 2.14. The Labute approximate surface area is 44.9 Å². The molecule has 0 aromatic rings. The molecule has 0 aromatic heterocycles. The minimum Gasteiger partial charge on any atom is -0.0988 e. The summed E-state index contributed by atoms with van der Waals surface area (Å²) in [7, 11) is 0. The van der Waals surface area contributed by atoms with E-state index >= 15 is 0 Å². The third kappa shape index (κ3) is 3.04. The zero-order valence-electron chi connectivity index (χ0n) is 4.57. The maximum absolute atomic E-state index is 3.53. The van der Waals surface area contributed by atoms with Gasteiger partial charge in [-0.3, -0.25) is 0 Å². The average molecular weight is 93.1 g/mol. The van der Waals surface area contributed by atoms with Crippen LogP contribution in [0.4, 0.5) is 0 Å². The number of hydrogen-bond donors (Lipinski definition) is 0. The van der Waals surface area contributed by atoms with Gasteiger partial charge in [-0.05, 0) is 18.6 Å². The van der Waals surface area contributed by atoms with E-state index in [0.29, 0.717) is 0 Å². The molecule has 0 spiro atoms. The van der Waals surface area contributed by atoms with E-state index in [1.807, 2.05) is 6.92 Å². The van der Waals surface area contributed by atoms with Crippen LogP contribution in [0.1, 0.15) is 6.92 Å². The first-order chi connectivity index (χ1) is 3.31. The van der Waals surface area contributed by atoms with E-state index in [-0.39, 0.29) is 0 Å². The normalized spacial score (nSPS) is 10.7. The van der Waals surface area contributed by atoms with Gasteiger partial charge < -0.3 is 0 Å². The molecule has 0 rings (SSSR count). The molecule has 0 bridgehead atoms. The molecule has 0 nitrogen and oxygen atoms in total. The largest absolute Gasteiger partial charge is 0.0988 e. The highest BCUT2D eigenvalue weighted by atomic mass is 13.8. The van der Waals surface area contributed by atoms with Crippen LogP contribution in [0.3, 0.4) is 0 Å². The lowest BCUT2D eigenvalue weighted by Crippen LogP contribution is -1.60. The van der Waals surface area contributed by atoms with Crippen LogP contribution in [0.5, 0.6) is 0 Å². The van der Waals surface area contributed by atoms with Crippen molar-refractivity contribution in [2.24, 2.45) is 0 Å². The zero-order chi connectivity index (χ0) is 5.70. The minimum atomic E-state index is 1.02. The molecule has 0 aromatic carbocycles. The van der Waals surface area contributed by atoms with Crippen molar-refractivity contribution in [3.8, 4) is 0 Å². The first-order valence-electron chi connectivity index (χ1n) is 2.14. The van der Waals surface area contributed by atoms with Gasteiger partial charge in [0.15, 0.2) is 0 Å². The van der Waals surface area contributed by atoms with E-state index in [1.54, 1.807) is 12.2 Å². The van der Waals surface area contributed by atoms with Gasteiger partial charge in [-0.2, -0.15) is 0 Å². The van der Waals surface area contributed by atoms with Crippen molar-refractivity contribution in [1.82, 2.24) is 0 Å². The second-order valence-corrected chi connectivity index (χ2v) is 1.24. The Morgan fingerprint density at radius 2 is 2.14 bits per heavy atom. The highest BCUT2D eigenvalue weighted by molar-refractivity contribution is 5.12. The van der Waals surface area contributed by atoms with Crippen LogP contribution in [0.15, 0.2) is 30.9 Å². The van der Waals surface area contributed by atoms with Crippen LogP contribution in [0.25, 0.3) is 0 Å². The molecule has 0 aliphatic carbocycles. The van der Waals surface area contributed by atoms with Crippen LogP contribution in [-0.2, 0) is 0 Å². The Hall–Kier alpha value is -0.780. The number of allylic oxidation sites excluding steroid dienone is 4. The van der Waals surface area contributed by atoms with Crippen LogP contribution < -0.4 is 0 Å². The second-order valence-electron chi connectivity index (χ2n) is 1.24. The molecule has 0 saturated carbocycles. The van der Waals surface area contributed by atoms with Gasteiger partial charge in [0, 0.05) is 0 Å². The van der Waals surface area contributed by atoms with Gasteiger partial charge >= 0.3 is 0 Å². The monoisotopic (exact) mass is 93.1 g/mol. The predicted octanol–water partition coefficient (Wildman–Crippen LogP) is 2.11. The molecule has 37 valence electrons. The summed E-state index contributed by atoms with van der Waals surface area (Å²) in [4.78, 5) is 0. The van der Waals surface area contributed by atoms with Gasteiger partial charge in [0.25, 0.3) is 0 Å². The van der Waals surface area contributed by atoms with E-state index in [0.717, 1.165) is 5.57 Å². The molecule has 0 amide bonds. The molecule has 0 heterocycles. The van der Waals surface area contributed by atoms with Crippen LogP contribution >= 0.6 is 0 Å². The predicted molar refractivity (Wildman–Crippen MR) is 32.8 cm³/mol. The fraction of sp³-hybridized carbons (Fsp3) is 0.143. The maximum atomic E-state index is 3.53. The summed E-state index contributed by atoms with van der Waals surface area (Å²) in [6.07, 6.45) is 6.22. The van der Waals surface area contributed by atoms with Crippen molar-refractivity contribution in [2.45, 2.75) is 6.92 Å². The fourth-order valence-corrected chi connectivity index (χ4v) is 0.220. The summed E-state index contributed by atoms with van der Waals surface area (Å²) in [5.74, 6) is 0. The molecule has 0 N–H and O–H groups in total. The second kappa shape index (κ2) is 3.41.